The van der Waals surface area contributed by atoms with E-state index < -0.39 is 0 Å². The van der Waals surface area contributed by atoms with E-state index >= 15 is 0 Å². The van der Waals surface area contributed by atoms with Crippen LogP contribution in [0.4, 0.5) is 0 Å². The zero-order valence-corrected chi connectivity index (χ0v) is 13.6. The number of hydrogen-bond acceptors (Lipinski definition) is 2. The lowest BCUT2D eigenvalue weighted by Gasteiger charge is -2.37. The monoisotopic (exact) mass is 354 g/mol. The molecule has 3 nitrogen and oxygen atoms in total. The lowest BCUT2D eigenvalue weighted by atomic mass is 9.91. The number of ether oxygens (including phenoxy) is 1. The summed E-state index contributed by atoms with van der Waals surface area (Å²) in [6.45, 7) is 1.32. The average Bonchev–Trinajstić information content (AvgIpc) is 3.08. The summed E-state index contributed by atoms with van der Waals surface area (Å²) in [7, 11) is 0. The summed E-state index contributed by atoms with van der Waals surface area (Å²) in [6.07, 6.45) is 2.18. The Labute approximate surface area is 137 Å². The van der Waals surface area contributed by atoms with Gasteiger partial charge in [-0.3, -0.25) is 0 Å². The van der Waals surface area contributed by atoms with Crippen LogP contribution in [0.15, 0.2) is 46.9 Å². The molecule has 4 heteroatoms. The minimum Gasteiger partial charge on any atom is -0.371 e. The van der Waals surface area contributed by atoms with E-state index in [1.165, 1.54) is 16.6 Å². The van der Waals surface area contributed by atoms with Crippen LogP contribution in [0, 0.1) is 0 Å². The third kappa shape index (κ3) is 1.57. The van der Waals surface area contributed by atoms with Crippen LogP contribution < -0.4 is 0 Å². The van der Waals surface area contributed by atoms with Gasteiger partial charge in [0, 0.05) is 4.47 Å². The van der Waals surface area contributed by atoms with Crippen molar-refractivity contribution in [2.45, 2.75) is 25.0 Å². The van der Waals surface area contributed by atoms with Gasteiger partial charge in [0.25, 0.3) is 0 Å². The maximum Gasteiger partial charge on any atom is 0.136 e. The predicted octanol–water partition coefficient (Wildman–Crippen LogP) is 4.02. The van der Waals surface area contributed by atoms with Gasteiger partial charge in [-0.05, 0) is 42.2 Å². The van der Waals surface area contributed by atoms with E-state index in [-0.39, 0.29) is 5.54 Å². The van der Waals surface area contributed by atoms with E-state index in [2.05, 4.69) is 63.0 Å². The van der Waals surface area contributed by atoms with Crippen LogP contribution in [0.2, 0.25) is 0 Å². The number of hydrogen-bond donors (Lipinski definition) is 0. The highest BCUT2D eigenvalue weighted by atomic mass is 79.9. The fraction of sp³-hybridized carbons (Fsp3) is 0.278. The smallest absolute Gasteiger partial charge is 0.136 e. The number of rotatable bonds is 0. The molecule has 0 radical (unpaired) electrons. The Morgan fingerprint density at radius 3 is 3.05 bits per heavy atom. The van der Waals surface area contributed by atoms with Crippen LogP contribution in [-0.2, 0) is 23.3 Å². The van der Waals surface area contributed by atoms with E-state index in [1.807, 2.05) is 0 Å². The third-order valence-electron chi connectivity index (χ3n) is 5.01. The van der Waals surface area contributed by atoms with Crippen molar-refractivity contribution in [3.05, 3.63) is 63.9 Å². The van der Waals surface area contributed by atoms with Crippen LogP contribution in [0.3, 0.4) is 0 Å². The van der Waals surface area contributed by atoms with Gasteiger partial charge in [0.15, 0.2) is 0 Å². The first-order valence-corrected chi connectivity index (χ1v) is 8.41. The molecule has 1 atom stereocenters. The zero-order valence-electron chi connectivity index (χ0n) is 12.1. The molecule has 5 rings (SSSR count). The molecule has 1 spiro atoms. The molecule has 1 aliphatic heterocycles. The Morgan fingerprint density at radius 1 is 1.18 bits per heavy atom. The molecule has 0 fully saturated rings. The first-order chi connectivity index (χ1) is 10.8. The van der Waals surface area contributed by atoms with Crippen molar-refractivity contribution in [3.8, 4) is 0 Å². The molecule has 1 unspecified atom stereocenters. The molecule has 1 aliphatic carbocycles. The largest absolute Gasteiger partial charge is 0.371 e. The summed E-state index contributed by atoms with van der Waals surface area (Å²) >= 11 is 3.60. The van der Waals surface area contributed by atoms with Gasteiger partial charge in [-0.15, -0.1) is 0 Å². The topological polar surface area (TPSA) is 27.1 Å². The second-order valence-corrected chi connectivity index (χ2v) is 7.09. The van der Waals surface area contributed by atoms with Crippen molar-refractivity contribution in [1.29, 1.82) is 0 Å². The lowest BCUT2D eigenvalue weighted by molar-refractivity contribution is 0.0227. The van der Waals surface area contributed by atoms with E-state index in [9.17, 15) is 0 Å². The molecule has 3 aromatic rings. The van der Waals surface area contributed by atoms with Crippen LogP contribution in [0.5, 0.6) is 0 Å². The number of aryl methyl sites for hydroxylation is 1. The maximum atomic E-state index is 5.96. The highest BCUT2D eigenvalue weighted by molar-refractivity contribution is 9.10. The summed E-state index contributed by atoms with van der Waals surface area (Å²) in [4.78, 5) is 4.80. The van der Waals surface area contributed by atoms with Gasteiger partial charge in [0.05, 0.1) is 23.2 Å². The van der Waals surface area contributed by atoms with Gasteiger partial charge in [-0.2, -0.15) is 0 Å². The van der Waals surface area contributed by atoms with Crippen molar-refractivity contribution >= 4 is 27.0 Å². The van der Waals surface area contributed by atoms with E-state index in [1.54, 1.807) is 0 Å². The van der Waals surface area contributed by atoms with Gasteiger partial charge in [-0.25, -0.2) is 4.98 Å². The van der Waals surface area contributed by atoms with Crippen LogP contribution in [-0.4, -0.2) is 16.2 Å². The van der Waals surface area contributed by atoms with Gasteiger partial charge in [0.1, 0.15) is 12.4 Å². The summed E-state index contributed by atoms with van der Waals surface area (Å²) in [5, 5.41) is 0. The third-order valence-corrected chi connectivity index (χ3v) is 5.51. The quantitative estimate of drug-likeness (QED) is 0.609. The second-order valence-electron chi connectivity index (χ2n) is 6.18. The molecule has 0 saturated carbocycles. The molecular weight excluding hydrogens is 340 g/mol. The average molecular weight is 355 g/mol. The van der Waals surface area contributed by atoms with Crippen molar-refractivity contribution < 1.29 is 4.74 Å². The molecule has 110 valence electrons. The van der Waals surface area contributed by atoms with Crippen molar-refractivity contribution in [3.63, 3.8) is 0 Å². The molecule has 2 aliphatic rings. The number of aromatic nitrogens is 2. The van der Waals surface area contributed by atoms with Gasteiger partial charge < -0.3 is 9.30 Å². The fourth-order valence-corrected chi connectivity index (χ4v) is 4.45. The SMILES string of the molecule is Brc1ccc2nc3n(c2c1)C1(CCc2ccccc21)COC3. The molecular formula is C18H15BrN2O. The highest BCUT2D eigenvalue weighted by Gasteiger charge is 2.44. The Morgan fingerprint density at radius 2 is 2.09 bits per heavy atom. The second kappa shape index (κ2) is 4.43. The predicted molar refractivity (Wildman–Crippen MR) is 88.9 cm³/mol. The minimum atomic E-state index is -0.0975. The Balaban J connectivity index is 1.86. The van der Waals surface area contributed by atoms with Crippen molar-refractivity contribution in [2.75, 3.05) is 6.61 Å². The fourth-order valence-electron chi connectivity index (χ4n) is 4.10. The maximum absolute atomic E-state index is 5.96. The lowest BCUT2D eigenvalue weighted by Crippen LogP contribution is -2.42. The number of benzene rings is 2. The standard InChI is InChI=1S/C18H15BrN2O/c19-13-5-6-15-16(9-13)21-17(20-15)10-22-11-18(21)8-7-12-3-1-2-4-14(12)18/h1-6,9H,7-8,10-11H2. The summed E-state index contributed by atoms with van der Waals surface area (Å²) < 4.78 is 9.48. The number of nitrogens with zero attached hydrogens (tertiary/aromatic N) is 2. The molecule has 0 bridgehead atoms. The summed E-state index contributed by atoms with van der Waals surface area (Å²) in [6, 6.07) is 15.1. The molecule has 2 aromatic carbocycles. The number of imidazole rings is 1. The zero-order chi connectivity index (χ0) is 14.7. The van der Waals surface area contributed by atoms with Crippen molar-refractivity contribution in [2.24, 2.45) is 0 Å². The van der Waals surface area contributed by atoms with Crippen LogP contribution >= 0.6 is 15.9 Å². The minimum absolute atomic E-state index is 0.0975. The van der Waals surface area contributed by atoms with E-state index in [0.717, 1.165) is 35.3 Å². The van der Waals surface area contributed by atoms with Crippen LogP contribution in [0.25, 0.3) is 11.0 Å². The van der Waals surface area contributed by atoms with Gasteiger partial charge in [-0.1, -0.05) is 40.2 Å². The van der Waals surface area contributed by atoms with E-state index in [0.29, 0.717) is 6.61 Å². The summed E-state index contributed by atoms with van der Waals surface area (Å²) in [5.41, 5.74) is 4.99. The molecule has 1 aromatic heterocycles. The van der Waals surface area contributed by atoms with Crippen LogP contribution in [0.1, 0.15) is 23.4 Å². The van der Waals surface area contributed by atoms with Crippen molar-refractivity contribution in [1.82, 2.24) is 9.55 Å². The molecule has 0 amide bonds. The highest BCUT2D eigenvalue weighted by Crippen LogP contribution is 2.45. The Kier molecular flexibility index (Phi) is 2.59. The van der Waals surface area contributed by atoms with Gasteiger partial charge in [0.2, 0.25) is 0 Å². The van der Waals surface area contributed by atoms with E-state index in [4.69, 9.17) is 9.72 Å². The summed E-state index contributed by atoms with van der Waals surface area (Å²) in [5.74, 6) is 1.04. The molecule has 0 N–H and O–H groups in total. The first kappa shape index (κ1) is 12.9. The normalized spacial score (nSPS) is 23.0. The molecule has 0 saturated heterocycles. The Hall–Kier alpha value is -1.65. The number of halogens is 1. The first-order valence-electron chi connectivity index (χ1n) is 7.61. The van der Waals surface area contributed by atoms with Gasteiger partial charge >= 0.3 is 0 Å². The Bertz CT molecular complexity index is 901. The molecule has 2 heterocycles. The number of fused-ring (bicyclic) bond motifs is 6. The molecule has 22 heavy (non-hydrogen) atoms.